The Hall–Kier alpha value is -2.52. The van der Waals surface area contributed by atoms with Gasteiger partial charge < -0.3 is 21.1 Å². The van der Waals surface area contributed by atoms with Gasteiger partial charge in [0.15, 0.2) is 0 Å². The fourth-order valence-electron chi connectivity index (χ4n) is 1.73. The Morgan fingerprint density at radius 2 is 2.27 bits per heavy atom. The summed E-state index contributed by atoms with van der Waals surface area (Å²) in [6.45, 7) is 5.55. The van der Waals surface area contributed by atoms with E-state index >= 15 is 0 Å². The molecule has 1 rings (SSSR count). The Bertz CT molecular complexity index is 576. The van der Waals surface area contributed by atoms with Crippen molar-refractivity contribution in [1.82, 2.24) is 5.32 Å². The number of nitrogens with one attached hydrogen (secondary N) is 2. The van der Waals surface area contributed by atoms with Crippen LogP contribution in [0.15, 0.2) is 30.0 Å². The lowest BCUT2D eigenvalue weighted by Crippen LogP contribution is -2.26. The van der Waals surface area contributed by atoms with Gasteiger partial charge in [-0.1, -0.05) is 6.07 Å². The van der Waals surface area contributed by atoms with Crippen molar-refractivity contribution >= 4 is 17.3 Å². The highest BCUT2D eigenvalue weighted by Crippen LogP contribution is 2.19. The van der Waals surface area contributed by atoms with Gasteiger partial charge in [-0.2, -0.15) is 5.26 Å². The Morgan fingerprint density at radius 1 is 1.50 bits per heavy atom. The number of rotatable bonds is 8. The second-order valence-electron chi connectivity index (χ2n) is 4.71. The Balaban J connectivity index is 2.55. The number of hydrogen-bond acceptors (Lipinski definition) is 5. The molecule has 0 bridgehead atoms. The lowest BCUT2D eigenvalue weighted by molar-refractivity contribution is -0.117. The number of hydrogen-bond donors (Lipinski definition) is 3. The van der Waals surface area contributed by atoms with Gasteiger partial charge in [0.25, 0.3) is 5.91 Å². The molecule has 0 aliphatic rings. The summed E-state index contributed by atoms with van der Waals surface area (Å²) in [5, 5.41) is 14.6. The summed E-state index contributed by atoms with van der Waals surface area (Å²) in [5.41, 5.74) is 8.12. The van der Waals surface area contributed by atoms with Gasteiger partial charge in [-0.3, -0.25) is 4.79 Å². The molecule has 6 nitrogen and oxygen atoms in total. The van der Waals surface area contributed by atoms with E-state index < -0.39 is 5.91 Å². The molecule has 0 radical (unpaired) electrons. The van der Waals surface area contributed by atoms with Crippen molar-refractivity contribution in [2.45, 2.75) is 20.3 Å². The van der Waals surface area contributed by atoms with Gasteiger partial charge in [-0.15, -0.1) is 0 Å². The zero-order chi connectivity index (χ0) is 16.4. The molecule has 0 aliphatic carbocycles. The molecule has 22 heavy (non-hydrogen) atoms. The second-order valence-corrected chi connectivity index (χ2v) is 4.71. The Kier molecular flexibility index (Phi) is 7.51. The van der Waals surface area contributed by atoms with Crippen LogP contribution in [0.2, 0.25) is 0 Å². The zero-order valence-electron chi connectivity index (χ0n) is 13.0. The Labute approximate surface area is 130 Å². The minimum Gasteiger partial charge on any atom is -0.397 e. The molecular formula is C16H22N4O2. The maximum atomic E-state index is 11.9. The van der Waals surface area contributed by atoms with Gasteiger partial charge in [-0.25, -0.2) is 0 Å². The van der Waals surface area contributed by atoms with E-state index in [1.54, 1.807) is 6.07 Å². The highest BCUT2D eigenvalue weighted by Gasteiger charge is 2.08. The molecular weight excluding hydrogens is 280 g/mol. The number of carbonyl (C=O) groups is 1. The van der Waals surface area contributed by atoms with Crippen molar-refractivity contribution < 1.29 is 9.53 Å². The summed E-state index contributed by atoms with van der Waals surface area (Å²) in [5.74, 6) is -0.419. The third kappa shape index (κ3) is 5.85. The van der Waals surface area contributed by atoms with Gasteiger partial charge in [0.1, 0.15) is 11.6 Å². The molecule has 1 aromatic carbocycles. The van der Waals surface area contributed by atoms with Crippen LogP contribution < -0.4 is 16.4 Å². The molecule has 0 saturated heterocycles. The maximum Gasteiger partial charge on any atom is 0.263 e. The van der Waals surface area contributed by atoms with E-state index in [4.69, 9.17) is 15.7 Å². The summed E-state index contributed by atoms with van der Waals surface area (Å²) < 4.78 is 5.17. The molecule has 0 unspecified atom stereocenters. The fraction of sp³-hybridized carbons (Fsp3) is 0.375. The molecule has 1 amide bonds. The number of nitrogens with zero attached hydrogens (tertiary/aromatic N) is 1. The highest BCUT2D eigenvalue weighted by atomic mass is 16.5. The fourth-order valence-corrected chi connectivity index (χ4v) is 1.73. The van der Waals surface area contributed by atoms with Gasteiger partial charge in [0, 0.05) is 26.0 Å². The van der Waals surface area contributed by atoms with Crippen LogP contribution in [0.1, 0.15) is 18.9 Å². The van der Waals surface area contributed by atoms with E-state index in [1.165, 1.54) is 6.20 Å². The molecule has 0 aliphatic heterocycles. The molecule has 0 fully saturated rings. The number of carbonyl (C=O) groups excluding carboxylic acids is 1. The average Bonchev–Trinajstić information content (AvgIpc) is 2.49. The Morgan fingerprint density at radius 3 is 2.91 bits per heavy atom. The third-order valence-electron chi connectivity index (χ3n) is 2.90. The topological polar surface area (TPSA) is 100 Å². The number of nitrogen functional groups attached to an aromatic ring is 1. The summed E-state index contributed by atoms with van der Waals surface area (Å²) in [6, 6.07) is 7.38. The second kappa shape index (κ2) is 9.42. The number of aryl methyl sites for hydroxylation is 1. The van der Waals surface area contributed by atoms with Crippen LogP contribution in [0, 0.1) is 18.3 Å². The van der Waals surface area contributed by atoms with Gasteiger partial charge in [0.2, 0.25) is 0 Å². The van der Waals surface area contributed by atoms with Crippen LogP contribution in [0.5, 0.6) is 0 Å². The van der Waals surface area contributed by atoms with Crippen LogP contribution in [-0.2, 0) is 9.53 Å². The van der Waals surface area contributed by atoms with Crippen molar-refractivity contribution in [2.24, 2.45) is 0 Å². The molecule has 0 atom stereocenters. The first-order chi connectivity index (χ1) is 10.6. The van der Waals surface area contributed by atoms with Crippen molar-refractivity contribution in [3.63, 3.8) is 0 Å². The smallest absolute Gasteiger partial charge is 0.263 e. The number of ether oxygens (including phenoxy) is 1. The minimum absolute atomic E-state index is 0.00335. The highest BCUT2D eigenvalue weighted by molar-refractivity contribution is 5.97. The zero-order valence-corrected chi connectivity index (χ0v) is 13.0. The van der Waals surface area contributed by atoms with Gasteiger partial charge in [-0.05, 0) is 38.0 Å². The quantitative estimate of drug-likeness (QED) is 0.295. The molecule has 0 aromatic heterocycles. The molecule has 0 saturated carbocycles. The first-order valence-electron chi connectivity index (χ1n) is 7.17. The predicted molar refractivity (Wildman–Crippen MR) is 87.0 cm³/mol. The number of amides is 1. The first-order valence-corrected chi connectivity index (χ1v) is 7.17. The normalized spacial score (nSPS) is 10.9. The van der Waals surface area contributed by atoms with E-state index in [1.807, 2.05) is 32.0 Å². The molecule has 0 spiro atoms. The van der Waals surface area contributed by atoms with E-state index in [9.17, 15) is 4.79 Å². The molecule has 118 valence electrons. The first kappa shape index (κ1) is 17.5. The summed E-state index contributed by atoms with van der Waals surface area (Å²) in [4.78, 5) is 11.9. The standard InChI is InChI=1S/C16H22N4O2/c1-3-22-8-4-7-19-16(21)13(10-17)11-20-15-6-5-12(2)9-14(15)18/h5-6,9,11,20H,3-4,7-8,18H2,1-2H3,(H,19,21)/b13-11-. The SMILES string of the molecule is CCOCCCNC(=O)/C(C#N)=C\Nc1ccc(C)cc1N. The van der Waals surface area contributed by atoms with E-state index in [2.05, 4.69) is 10.6 Å². The molecule has 1 aromatic rings. The van der Waals surface area contributed by atoms with Crippen molar-refractivity contribution in [2.75, 3.05) is 30.8 Å². The lowest BCUT2D eigenvalue weighted by Gasteiger charge is -2.07. The summed E-state index contributed by atoms with van der Waals surface area (Å²) >= 11 is 0. The predicted octanol–water partition coefficient (Wildman–Crippen LogP) is 1.94. The van der Waals surface area contributed by atoms with E-state index in [0.29, 0.717) is 37.6 Å². The van der Waals surface area contributed by atoms with Crippen LogP contribution in [0.25, 0.3) is 0 Å². The third-order valence-corrected chi connectivity index (χ3v) is 2.90. The molecule has 0 heterocycles. The van der Waals surface area contributed by atoms with Crippen LogP contribution in [0.4, 0.5) is 11.4 Å². The number of anilines is 2. The van der Waals surface area contributed by atoms with E-state index in [-0.39, 0.29) is 5.57 Å². The summed E-state index contributed by atoms with van der Waals surface area (Å²) in [7, 11) is 0. The van der Waals surface area contributed by atoms with Crippen molar-refractivity contribution in [3.05, 3.63) is 35.5 Å². The monoisotopic (exact) mass is 302 g/mol. The van der Waals surface area contributed by atoms with Crippen LogP contribution >= 0.6 is 0 Å². The minimum atomic E-state index is -0.419. The maximum absolute atomic E-state index is 11.9. The average molecular weight is 302 g/mol. The van der Waals surface area contributed by atoms with E-state index in [0.717, 1.165) is 5.56 Å². The van der Waals surface area contributed by atoms with Gasteiger partial charge in [0.05, 0.1) is 11.4 Å². The van der Waals surface area contributed by atoms with Crippen LogP contribution in [0.3, 0.4) is 0 Å². The van der Waals surface area contributed by atoms with Gasteiger partial charge >= 0.3 is 0 Å². The molecule has 4 N–H and O–H groups in total. The molecule has 6 heteroatoms. The summed E-state index contributed by atoms with van der Waals surface area (Å²) in [6.07, 6.45) is 2.07. The number of benzene rings is 1. The number of nitriles is 1. The van der Waals surface area contributed by atoms with Crippen molar-refractivity contribution in [1.29, 1.82) is 5.26 Å². The lowest BCUT2D eigenvalue weighted by atomic mass is 10.2. The number of nitrogens with two attached hydrogens (primary N) is 1. The largest absolute Gasteiger partial charge is 0.397 e. The van der Waals surface area contributed by atoms with Crippen LogP contribution in [-0.4, -0.2) is 25.7 Å². The van der Waals surface area contributed by atoms with Crippen molar-refractivity contribution in [3.8, 4) is 6.07 Å².